The Morgan fingerprint density at radius 3 is 2.54 bits per heavy atom. The first-order valence-corrected chi connectivity index (χ1v) is 8.17. The van der Waals surface area contributed by atoms with Gasteiger partial charge in [-0.05, 0) is 37.3 Å². The molecular weight excluding hydrogens is 334 g/mol. The Kier molecular flexibility index (Phi) is 6.73. The molecule has 2 aromatic carbocycles. The van der Waals surface area contributed by atoms with Crippen LogP contribution in [0.3, 0.4) is 0 Å². The lowest BCUT2D eigenvalue weighted by Gasteiger charge is -2.10. The minimum atomic E-state index is -0.596. The number of carbonyl (C=O) groups excluding carboxylic acids is 3. The molecule has 136 valence electrons. The summed E-state index contributed by atoms with van der Waals surface area (Å²) in [5, 5.41) is 8.18. The quantitative estimate of drug-likeness (QED) is 0.662. The van der Waals surface area contributed by atoms with Gasteiger partial charge in [0.25, 0.3) is 11.8 Å². The largest absolute Gasteiger partial charge is 0.452 e. The van der Waals surface area contributed by atoms with Crippen LogP contribution in [0, 0.1) is 0 Å². The van der Waals surface area contributed by atoms with E-state index in [1.807, 2.05) is 6.92 Å². The number of hydrogen-bond donors (Lipinski definition) is 3. The Balaban J connectivity index is 1.94. The number of nitrogens with one attached hydrogen (secondary N) is 3. The van der Waals surface area contributed by atoms with Crippen molar-refractivity contribution in [1.29, 1.82) is 0 Å². The van der Waals surface area contributed by atoms with Gasteiger partial charge in [-0.1, -0.05) is 18.2 Å². The molecule has 0 aliphatic rings. The van der Waals surface area contributed by atoms with Crippen molar-refractivity contribution in [1.82, 2.24) is 5.32 Å². The highest BCUT2D eigenvalue weighted by atomic mass is 16.5. The number of hydrogen-bond acceptors (Lipinski definition) is 5. The summed E-state index contributed by atoms with van der Waals surface area (Å²) in [4.78, 5) is 35.9. The van der Waals surface area contributed by atoms with E-state index >= 15 is 0 Å². The van der Waals surface area contributed by atoms with Crippen molar-refractivity contribution in [3.05, 3.63) is 59.7 Å². The molecular formula is C19H21N3O4. The van der Waals surface area contributed by atoms with Crippen LogP contribution in [-0.4, -0.2) is 38.0 Å². The standard InChI is InChI=1S/C19H21N3O4/c1-3-21-18(24)13-7-6-8-14(11-13)22-17(23)12-26-19(25)15-9-4-5-10-16(15)20-2/h4-11,20H,3,12H2,1-2H3,(H,21,24)(H,22,23). The van der Waals surface area contributed by atoms with Crippen LogP contribution in [0.1, 0.15) is 27.6 Å². The number of amides is 2. The molecule has 0 heterocycles. The fourth-order valence-electron chi connectivity index (χ4n) is 2.29. The van der Waals surface area contributed by atoms with Gasteiger partial charge in [0.1, 0.15) is 0 Å². The van der Waals surface area contributed by atoms with Crippen LogP contribution in [0.2, 0.25) is 0 Å². The van der Waals surface area contributed by atoms with Gasteiger partial charge < -0.3 is 20.7 Å². The zero-order chi connectivity index (χ0) is 18.9. The molecule has 0 fully saturated rings. The Morgan fingerprint density at radius 2 is 1.81 bits per heavy atom. The van der Waals surface area contributed by atoms with Gasteiger partial charge >= 0.3 is 5.97 Å². The number of benzene rings is 2. The number of anilines is 2. The monoisotopic (exact) mass is 355 g/mol. The van der Waals surface area contributed by atoms with E-state index in [0.717, 1.165) is 0 Å². The molecule has 0 aliphatic carbocycles. The highest BCUT2D eigenvalue weighted by Crippen LogP contribution is 2.15. The number of esters is 1. The van der Waals surface area contributed by atoms with Gasteiger partial charge in [-0.2, -0.15) is 0 Å². The Hall–Kier alpha value is -3.35. The summed E-state index contributed by atoms with van der Waals surface area (Å²) in [7, 11) is 1.69. The molecule has 2 aromatic rings. The van der Waals surface area contributed by atoms with Crippen molar-refractivity contribution in [2.24, 2.45) is 0 Å². The predicted octanol–water partition coefficient (Wildman–Crippen LogP) is 2.27. The summed E-state index contributed by atoms with van der Waals surface area (Å²) >= 11 is 0. The van der Waals surface area contributed by atoms with E-state index in [2.05, 4.69) is 16.0 Å². The fourth-order valence-corrected chi connectivity index (χ4v) is 2.29. The molecule has 7 heteroatoms. The van der Waals surface area contributed by atoms with Crippen LogP contribution < -0.4 is 16.0 Å². The molecule has 0 bridgehead atoms. The molecule has 0 aromatic heterocycles. The van der Waals surface area contributed by atoms with E-state index < -0.39 is 18.5 Å². The van der Waals surface area contributed by atoms with E-state index in [1.54, 1.807) is 55.6 Å². The van der Waals surface area contributed by atoms with Crippen molar-refractivity contribution in [3.63, 3.8) is 0 Å². The minimum absolute atomic E-state index is 0.223. The van der Waals surface area contributed by atoms with Crippen LogP contribution in [0.4, 0.5) is 11.4 Å². The third-order valence-electron chi connectivity index (χ3n) is 3.50. The van der Waals surface area contributed by atoms with Gasteiger partial charge in [-0.15, -0.1) is 0 Å². The summed E-state index contributed by atoms with van der Waals surface area (Å²) in [6, 6.07) is 13.4. The van der Waals surface area contributed by atoms with Crippen LogP contribution >= 0.6 is 0 Å². The lowest BCUT2D eigenvalue weighted by Crippen LogP contribution is -2.23. The lowest BCUT2D eigenvalue weighted by atomic mass is 10.2. The third kappa shape index (κ3) is 5.07. The molecule has 2 rings (SSSR count). The molecule has 0 spiro atoms. The number of carbonyl (C=O) groups is 3. The summed E-state index contributed by atoms with van der Waals surface area (Å²) < 4.78 is 5.05. The van der Waals surface area contributed by atoms with Crippen molar-refractivity contribution in [2.75, 3.05) is 30.8 Å². The second-order valence-corrected chi connectivity index (χ2v) is 5.36. The summed E-state index contributed by atoms with van der Waals surface area (Å²) in [5.74, 6) is -1.31. The maximum atomic E-state index is 12.1. The average molecular weight is 355 g/mol. The summed E-state index contributed by atoms with van der Waals surface area (Å²) in [6.07, 6.45) is 0. The number of rotatable bonds is 7. The SMILES string of the molecule is CCNC(=O)c1cccc(NC(=O)COC(=O)c2ccccc2NC)c1. The van der Waals surface area contributed by atoms with Crippen molar-refractivity contribution in [3.8, 4) is 0 Å². The number of ether oxygens (including phenoxy) is 1. The first-order valence-electron chi connectivity index (χ1n) is 8.17. The van der Waals surface area contributed by atoms with Gasteiger partial charge in [-0.25, -0.2) is 4.79 Å². The predicted molar refractivity (Wildman–Crippen MR) is 99.4 cm³/mol. The first-order chi connectivity index (χ1) is 12.5. The molecule has 0 aliphatic heterocycles. The average Bonchev–Trinajstić information content (AvgIpc) is 2.66. The highest BCUT2D eigenvalue weighted by Gasteiger charge is 2.14. The molecule has 0 atom stereocenters. The third-order valence-corrected chi connectivity index (χ3v) is 3.50. The van der Waals surface area contributed by atoms with E-state index in [-0.39, 0.29) is 5.91 Å². The second kappa shape index (κ2) is 9.22. The van der Waals surface area contributed by atoms with Crippen LogP contribution in [0.25, 0.3) is 0 Å². The van der Waals surface area contributed by atoms with Crippen LogP contribution in [0.5, 0.6) is 0 Å². The van der Waals surface area contributed by atoms with E-state index in [9.17, 15) is 14.4 Å². The molecule has 0 saturated heterocycles. The van der Waals surface area contributed by atoms with Gasteiger partial charge in [0.15, 0.2) is 6.61 Å². The normalized spacial score (nSPS) is 9.92. The second-order valence-electron chi connectivity index (χ2n) is 5.36. The molecule has 7 nitrogen and oxygen atoms in total. The smallest absolute Gasteiger partial charge is 0.340 e. The zero-order valence-electron chi connectivity index (χ0n) is 14.7. The minimum Gasteiger partial charge on any atom is -0.452 e. The van der Waals surface area contributed by atoms with Crippen molar-refractivity contribution in [2.45, 2.75) is 6.92 Å². The summed E-state index contributed by atoms with van der Waals surface area (Å²) in [6.45, 7) is 1.91. The van der Waals surface area contributed by atoms with Crippen LogP contribution in [-0.2, 0) is 9.53 Å². The van der Waals surface area contributed by atoms with Gasteiger partial charge in [-0.3, -0.25) is 9.59 Å². The zero-order valence-corrected chi connectivity index (χ0v) is 14.7. The topological polar surface area (TPSA) is 96.5 Å². The molecule has 26 heavy (non-hydrogen) atoms. The van der Waals surface area contributed by atoms with Gasteiger partial charge in [0.2, 0.25) is 0 Å². The fraction of sp³-hybridized carbons (Fsp3) is 0.211. The molecule has 0 radical (unpaired) electrons. The lowest BCUT2D eigenvalue weighted by molar-refractivity contribution is -0.119. The molecule has 0 saturated carbocycles. The van der Waals surface area contributed by atoms with Crippen molar-refractivity contribution < 1.29 is 19.1 Å². The number of para-hydroxylation sites is 1. The maximum Gasteiger partial charge on any atom is 0.340 e. The van der Waals surface area contributed by atoms with E-state index in [4.69, 9.17) is 4.74 Å². The maximum absolute atomic E-state index is 12.1. The first kappa shape index (κ1) is 19.0. The van der Waals surface area contributed by atoms with Gasteiger partial charge in [0, 0.05) is 30.5 Å². The Morgan fingerprint density at radius 1 is 1.04 bits per heavy atom. The molecule has 3 N–H and O–H groups in total. The molecule has 2 amide bonds. The highest BCUT2D eigenvalue weighted by molar-refractivity contribution is 5.99. The van der Waals surface area contributed by atoms with Crippen LogP contribution in [0.15, 0.2) is 48.5 Å². The summed E-state index contributed by atoms with van der Waals surface area (Å²) in [5.41, 5.74) is 1.85. The van der Waals surface area contributed by atoms with Gasteiger partial charge in [0.05, 0.1) is 5.56 Å². The van der Waals surface area contributed by atoms with E-state index in [0.29, 0.717) is 29.0 Å². The molecule has 0 unspecified atom stereocenters. The Labute approximate surface area is 151 Å². The van der Waals surface area contributed by atoms with E-state index in [1.165, 1.54) is 0 Å². The van der Waals surface area contributed by atoms with Crippen molar-refractivity contribution >= 4 is 29.2 Å². The Bertz CT molecular complexity index is 805.